The van der Waals surface area contributed by atoms with Crippen LogP contribution in [-0.4, -0.2) is 37.2 Å². The summed E-state index contributed by atoms with van der Waals surface area (Å²) < 4.78 is 17.0. The van der Waals surface area contributed by atoms with E-state index in [1.165, 1.54) is 167 Å². The lowest BCUT2D eigenvalue weighted by Crippen LogP contribution is -2.30. The second-order valence-electron chi connectivity index (χ2n) is 22.4. The van der Waals surface area contributed by atoms with Gasteiger partial charge in [0, 0.05) is 19.3 Å². The van der Waals surface area contributed by atoms with Crippen LogP contribution in [0.5, 0.6) is 0 Å². The molecule has 0 aliphatic heterocycles. The largest absolute Gasteiger partial charge is 0.462 e. The first kappa shape index (κ1) is 75.3. The number of hydrogen-bond acceptors (Lipinski definition) is 6. The molecule has 6 nitrogen and oxygen atoms in total. The maximum Gasteiger partial charge on any atom is 0.306 e. The minimum Gasteiger partial charge on any atom is -0.462 e. The lowest BCUT2D eigenvalue weighted by Gasteiger charge is -2.18. The van der Waals surface area contributed by atoms with Gasteiger partial charge in [-0.05, 0) is 103 Å². The van der Waals surface area contributed by atoms with Gasteiger partial charge in [0.1, 0.15) is 13.2 Å². The van der Waals surface area contributed by atoms with Crippen molar-refractivity contribution in [3.8, 4) is 0 Å². The van der Waals surface area contributed by atoms with Crippen LogP contribution >= 0.6 is 0 Å². The van der Waals surface area contributed by atoms with E-state index in [1.807, 2.05) is 0 Å². The number of esters is 3. The molecule has 0 heterocycles. The number of unbranched alkanes of at least 4 members (excludes halogenated alkanes) is 34. The van der Waals surface area contributed by atoms with Crippen LogP contribution in [-0.2, 0) is 28.6 Å². The first-order valence-electron chi connectivity index (χ1n) is 33.7. The molecule has 0 aromatic carbocycles. The maximum atomic E-state index is 12.9. The van der Waals surface area contributed by atoms with E-state index in [1.54, 1.807) is 0 Å². The van der Waals surface area contributed by atoms with Crippen LogP contribution in [0.1, 0.15) is 329 Å². The molecular weight excluding hydrogens is 973 g/mol. The maximum absolute atomic E-state index is 12.9. The number of carbonyl (C=O) groups is 3. The minimum atomic E-state index is -0.793. The summed E-state index contributed by atoms with van der Waals surface area (Å²) in [4.78, 5) is 38.4. The highest BCUT2D eigenvalue weighted by Crippen LogP contribution is 2.17. The van der Waals surface area contributed by atoms with Crippen LogP contribution in [0, 0.1) is 0 Å². The molecule has 0 spiro atoms. The molecule has 79 heavy (non-hydrogen) atoms. The normalized spacial score (nSPS) is 12.7. The van der Waals surface area contributed by atoms with Gasteiger partial charge in [-0.25, -0.2) is 0 Å². The molecule has 0 aliphatic carbocycles. The van der Waals surface area contributed by atoms with Crippen LogP contribution in [0.25, 0.3) is 0 Å². The Balaban J connectivity index is 4.43. The molecule has 0 amide bonds. The lowest BCUT2D eigenvalue weighted by molar-refractivity contribution is -0.167. The number of carbonyl (C=O) groups excluding carboxylic acids is 3. The standard InChI is InChI=1S/C73H126O6/c1-4-7-10-13-16-19-22-25-28-31-34-36-37-38-40-42-45-48-51-54-57-60-63-66-72(75)78-69-70(68-77-71(74)65-62-59-56-53-50-47-44-41-33-30-27-24-21-18-15-12-9-6-3)79-73(76)67-64-61-58-55-52-49-46-43-39-35-32-29-26-23-20-17-14-11-8-5-2/h7,10,16,19,21,24-25,28,30,33-34,36,38,40,45,48,70H,4-6,8-9,11-15,17-18,20,22-23,26-27,29,31-32,35,37,39,41-44,46-47,49-69H2,1-3H3/b10-7-,19-16-,24-21-,28-25-,33-30-,36-34-,40-38-,48-45-. The van der Waals surface area contributed by atoms with Crippen LogP contribution in [0.3, 0.4) is 0 Å². The van der Waals surface area contributed by atoms with Gasteiger partial charge in [0.25, 0.3) is 0 Å². The van der Waals surface area contributed by atoms with Gasteiger partial charge in [-0.2, -0.15) is 0 Å². The minimum absolute atomic E-state index is 0.0878. The van der Waals surface area contributed by atoms with Gasteiger partial charge in [-0.3, -0.25) is 14.4 Å². The zero-order valence-electron chi connectivity index (χ0n) is 52.1. The van der Waals surface area contributed by atoms with E-state index in [4.69, 9.17) is 14.2 Å². The number of rotatable bonds is 61. The van der Waals surface area contributed by atoms with Crippen LogP contribution in [0.15, 0.2) is 97.2 Å². The van der Waals surface area contributed by atoms with Crippen molar-refractivity contribution in [2.45, 2.75) is 335 Å². The van der Waals surface area contributed by atoms with Gasteiger partial charge in [-0.15, -0.1) is 0 Å². The van der Waals surface area contributed by atoms with E-state index in [9.17, 15) is 14.4 Å². The van der Waals surface area contributed by atoms with Crippen LogP contribution < -0.4 is 0 Å². The first-order chi connectivity index (χ1) is 39.0. The van der Waals surface area contributed by atoms with Crippen molar-refractivity contribution in [2.75, 3.05) is 13.2 Å². The Labute approximate surface area is 489 Å². The summed E-state index contributed by atoms with van der Waals surface area (Å²) in [6.07, 6.45) is 89.8. The van der Waals surface area contributed by atoms with Crippen molar-refractivity contribution in [1.29, 1.82) is 0 Å². The van der Waals surface area contributed by atoms with Crippen molar-refractivity contribution < 1.29 is 28.6 Å². The molecule has 0 N–H and O–H groups in total. The van der Waals surface area contributed by atoms with Crippen molar-refractivity contribution in [1.82, 2.24) is 0 Å². The molecule has 0 aromatic heterocycles. The summed E-state index contributed by atoms with van der Waals surface area (Å²) in [6, 6.07) is 0. The highest BCUT2D eigenvalue weighted by Gasteiger charge is 2.19. The van der Waals surface area contributed by atoms with E-state index < -0.39 is 6.10 Å². The van der Waals surface area contributed by atoms with E-state index in [2.05, 4.69) is 118 Å². The topological polar surface area (TPSA) is 78.9 Å². The molecule has 6 heteroatoms. The fourth-order valence-electron chi connectivity index (χ4n) is 9.54. The fraction of sp³-hybridized carbons (Fsp3) is 0.740. The molecule has 1 atom stereocenters. The van der Waals surface area contributed by atoms with Gasteiger partial charge in [0.05, 0.1) is 0 Å². The molecule has 0 radical (unpaired) electrons. The van der Waals surface area contributed by atoms with Gasteiger partial charge in [-0.1, -0.05) is 304 Å². The summed E-state index contributed by atoms with van der Waals surface area (Å²) in [6.45, 7) is 6.53. The van der Waals surface area contributed by atoms with E-state index in [0.717, 1.165) is 122 Å². The van der Waals surface area contributed by atoms with Gasteiger partial charge in [0.15, 0.2) is 6.10 Å². The Hall–Kier alpha value is -3.67. The van der Waals surface area contributed by atoms with Gasteiger partial charge < -0.3 is 14.2 Å². The molecule has 0 bridgehead atoms. The molecule has 0 saturated carbocycles. The molecule has 1 unspecified atom stereocenters. The Bertz CT molecular complexity index is 1540. The predicted molar refractivity (Wildman–Crippen MR) is 344 cm³/mol. The first-order valence-corrected chi connectivity index (χ1v) is 33.7. The molecule has 454 valence electrons. The van der Waals surface area contributed by atoms with Crippen LogP contribution in [0.4, 0.5) is 0 Å². The summed E-state index contributed by atoms with van der Waals surface area (Å²) in [5.74, 6) is -0.905. The second-order valence-corrected chi connectivity index (χ2v) is 22.4. The second kappa shape index (κ2) is 66.8. The van der Waals surface area contributed by atoms with Gasteiger partial charge in [0.2, 0.25) is 0 Å². The Morgan fingerprint density at radius 1 is 0.266 bits per heavy atom. The molecule has 0 fully saturated rings. The summed E-state index contributed by atoms with van der Waals surface area (Å²) in [5.41, 5.74) is 0. The quantitative estimate of drug-likeness (QED) is 0.0261. The molecule has 0 aliphatic rings. The average molecular weight is 1100 g/mol. The van der Waals surface area contributed by atoms with Crippen molar-refractivity contribution in [3.05, 3.63) is 97.2 Å². The summed E-state index contributed by atoms with van der Waals surface area (Å²) in [5, 5.41) is 0. The van der Waals surface area contributed by atoms with E-state index >= 15 is 0 Å². The Kier molecular flexibility index (Phi) is 63.7. The monoisotopic (exact) mass is 1100 g/mol. The summed E-state index contributed by atoms with van der Waals surface area (Å²) >= 11 is 0. The average Bonchev–Trinajstić information content (AvgIpc) is 3.45. The third-order valence-corrected chi connectivity index (χ3v) is 14.6. The van der Waals surface area contributed by atoms with Gasteiger partial charge >= 0.3 is 17.9 Å². The lowest BCUT2D eigenvalue weighted by atomic mass is 10.0. The molecule has 0 aromatic rings. The Morgan fingerprint density at radius 2 is 0.494 bits per heavy atom. The van der Waals surface area contributed by atoms with Crippen molar-refractivity contribution in [2.24, 2.45) is 0 Å². The third-order valence-electron chi connectivity index (χ3n) is 14.6. The molecule has 0 rings (SSSR count). The SMILES string of the molecule is CC/C=C\C/C=C\C/C=C\C/C=C\C/C=C\C/C=C\CCCCCCC(=O)OCC(COC(=O)CCCCCCCCC/C=C\C/C=C\CCCCCC)OC(=O)CCCCCCCCCCCCCCCCCCCCCC. The van der Waals surface area contributed by atoms with E-state index in [-0.39, 0.29) is 31.1 Å². The highest BCUT2D eigenvalue weighted by atomic mass is 16.6. The summed E-state index contributed by atoms with van der Waals surface area (Å²) in [7, 11) is 0. The Morgan fingerprint density at radius 3 is 0.785 bits per heavy atom. The predicted octanol–water partition coefficient (Wildman–Crippen LogP) is 23.2. The fourth-order valence-corrected chi connectivity index (χ4v) is 9.54. The highest BCUT2D eigenvalue weighted by molar-refractivity contribution is 5.71. The van der Waals surface area contributed by atoms with Crippen molar-refractivity contribution >= 4 is 17.9 Å². The zero-order valence-corrected chi connectivity index (χ0v) is 52.1. The van der Waals surface area contributed by atoms with Crippen molar-refractivity contribution in [3.63, 3.8) is 0 Å². The zero-order chi connectivity index (χ0) is 57.1. The number of ether oxygens (including phenoxy) is 3. The molecular formula is C73H126O6. The number of allylic oxidation sites excluding steroid dienone is 16. The molecule has 0 saturated heterocycles. The van der Waals surface area contributed by atoms with Crippen LogP contribution in [0.2, 0.25) is 0 Å². The third kappa shape index (κ3) is 65.0. The number of hydrogen-bond donors (Lipinski definition) is 0. The van der Waals surface area contributed by atoms with E-state index in [0.29, 0.717) is 19.3 Å². The smallest absolute Gasteiger partial charge is 0.306 e.